The van der Waals surface area contributed by atoms with Crippen molar-refractivity contribution in [3.05, 3.63) is 47.9 Å². The summed E-state index contributed by atoms with van der Waals surface area (Å²) in [7, 11) is -2.04. The third-order valence-corrected chi connectivity index (χ3v) is 9.16. The Morgan fingerprint density at radius 3 is 2.28 bits per heavy atom. The average molecular weight is 264 g/mol. The van der Waals surface area contributed by atoms with Crippen LogP contribution in [0.15, 0.2) is 42.3 Å². The van der Waals surface area contributed by atoms with E-state index in [4.69, 9.17) is 4.74 Å². The van der Waals surface area contributed by atoms with Gasteiger partial charge in [0.1, 0.15) is 0 Å². The monoisotopic (exact) mass is 264 g/mol. The van der Waals surface area contributed by atoms with Crippen LogP contribution in [0.1, 0.15) is 26.3 Å². The fraction of sp³-hybridized carbons (Fsp3) is 0.467. The number of aliphatic hydroxyl groups is 1. The summed E-state index contributed by atoms with van der Waals surface area (Å²) >= 11 is 0. The lowest BCUT2D eigenvalue weighted by Crippen LogP contribution is -2.47. The molecule has 0 saturated heterocycles. The Morgan fingerprint density at radius 2 is 1.83 bits per heavy atom. The summed E-state index contributed by atoms with van der Waals surface area (Å²) in [4.78, 5) is 0. The van der Waals surface area contributed by atoms with Crippen LogP contribution in [0.3, 0.4) is 0 Å². The smallest absolute Gasteiger partial charge is 0.160 e. The number of aliphatic hydroxyl groups excluding tert-OH is 1. The van der Waals surface area contributed by atoms with Gasteiger partial charge in [0.2, 0.25) is 0 Å². The van der Waals surface area contributed by atoms with E-state index in [-0.39, 0.29) is 5.04 Å². The molecule has 18 heavy (non-hydrogen) atoms. The molecule has 1 aromatic rings. The molecule has 1 atom stereocenters. The van der Waals surface area contributed by atoms with Crippen molar-refractivity contribution in [2.45, 2.75) is 39.0 Å². The van der Waals surface area contributed by atoms with Crippen LogP contribution in [0.4, 0.5) is 0 Å². The number of benzene rings is 1. The first kappa shape index (κ1) is 15.0. The number of hydrogen-bond donors (Lipinski definition) is 1. The molecule has 100 valence electrons. The first-order valence-electron chi connectivity index (χ1n) is 6.27. The SMILES string of the molecule is C=C(O)[Si](C)(COCc1ccccc1)C(C)(C)C. The second kappa shape index (κ2) is 5.72. The van der Waals surface area contributed by atoms with E-state index in [1.54, 1.807) is 0 Å². The molecule has 0 aromatic heterocycles. The average Bonchev–Trinajstić information content (AvgIpc) is 2.28. The predicted octanol–water partition coefficient (Wildman–Crippen LogP) is 4.23. The topological polar surface area (TPSA) is 29.5 Å². The van der Waals surface area contributed by atoms with Gasteiger partial charge in [-0.05, 0) is 10.6 Å². The molecular formula is C15H24O2Si. The second-order valence-electron chi connectivity index (χ2n) is 6.01. The Morgan fingerprint density at radius 1 is 1.28 bits per heavy atom. The summed E-state index contributed by atoms with van der Waals surface area (Å²) in [5.41, 5.74) is 1.16. The van der Waals surface area contributed by atoms with Gasteiger partial charge in [-0.3, -0.25) is 0 Å². The lowest BCUT2D eigenvalue weighted by molar-refractivity contribution is 0.155. The van der Waals surface area contributed by atoms with Crippen molar-refractivity contribution in [2.24, 2.45) is 0 Å². The van der Waals surface area contributed by atoms with E-state index >= 15 is 0 Å². The van der Waals surface area contributed by atoms with Gasteiger partial charge < -0.3 is 9.84 Å². The summed E-state index contributed by atoms with van der Waals surface area (Å²) in [6, 6.07) is 10.1. The van der Waals surface area contributed by atoms with Crippen molar-refractivity contribution in [3.63, 3.8) is 0 Å². The van der Waals surface area contributed by atoms with Gasteiger partial charge in [-0.2, -0.15) is 0 Å². The van der Waals surface area contributed by atoms with Gasteiger partial charge in [0.15, 0.2) is 8.07 Å². The molecule has 2 nitrogen and oxygen atoms in total. The van der Waals surface area contributed by atoms with E-state index < -0.39 is 8.07 Å². The van der Waals surface area contributed by atoms with E-state index in [1.165, 1.54) is 0 Å². The molecule has 0 fully saturated rings. The van der Waals surface area contributed by atoms with Crippen molar-refractivity contribution in [1.29, 1.82) is 0 Å². The lowest BCUT2D eigenvalue weighted by Gasteiger charge is -2.38. The van der Waals surface area contributed by atoms with E-state index in [2.05, 4.69) is 33.9 Å². The lowest BCUT2D eigenvalue weighted by atomic mass is 10.2. The Labute approximate surface area is 111 Å². The number of hydrogen-bond acceptors (Lipinski definition) is 2. The molecule has 1 N–H and O–H groups in total. The predicted molar refractivity (Wildman–Crippen MR) is 79.2 cm³/mol. The van der Waals surface area contributed by atoms with Gasteiger partial charge in [0.25, 0.3) is 0 Å². The van der Waals surface area contributed by atoms with Crippen LogP contribution in [0.25, 0.3) is 0 Å². The van der Waals surface area contributed by atoms with Gasteiger partial charge in [-0.1, -0.05) is 64.2 Å². The maximum absolute atomic E-state index is 9.89. The zero-order chi connectivity index (χ0) is 13.8. The summed E-state index contributed by atoms with van der Waals surface area (Å²) in [6.07, 6.45) is 0.598. The molecule has 3 heteroatoms. The van der Waals surface area contributed by atoms with Gasteiger partial charge in [0.05, 0.1) is 12.0 Å². The normalized spacial score (nSPS) is 15.1. The van der Waals surface area contributed by atoms with E-state index in [0.717, 1.165) is 5.56 Å². The quantitative estimate of drug-likeness (QED) is 0.637. The minimum absolute atomic E-state index is 0.0372. The number of rotatable bonds is 5. The molecule has 0 aliphatic carbocycles. The minimum Gasteiger partial charge on any atom is -0.518 e. The van der Waals surface area contributed by atoms with Crippen molar-refractivity contribution in [3.8, 4) is 0 Å². The Balaban J connectivity index is 2.62. The van der Waals surface area contributed by atoms with Gasteiger partial charge in [-0.15, -0.1) is 0 Å². The summed E-state index contributed by atoms with van der Waals surface area (Å²) < 4.78 is 5.81. The molecular weight excluding hydrogens is 240 g/mol. The van der Waals surface area contributed by atoms with Crippen molar-refractivity contribution >= 4 is 8.07 Å². The molecule has 0 aliphatic rings. The van der Waals surface area contributed by atoms with Crippen LogP contribution in [0, 0.1) is 0 Å². The Hall–Kier alpha value is -1.06. The third-order valence-electron chi connectivity index (χ3n) is 3.79. The minimum atomic E-state index is -2.04. The fourth-order valence-electron chi connectivity index (χ4n) is 1.68. The fourth-order valence-corrected chi connectivity index (χ4v) is 3.66. The van der Waals surface area contributed by atoms with E-state index in [9.17, 15) is 5.11 Å². The molecule has 0 bridgehead atoms. The van der Waals surface area contributed by atoms with Crippen LogP contribution in [0.5, 0.6) is 0 Å². The zero-order valence-electron chi connectivity index (χ0n) is 11.9. The molecule has 1 rings (SSSR count). The highest BCUT2D eigenvalue weighted by Gasteiger charge is 2.43. The summed E-state index contributed by atoms with van der Waals surface area (Å²) in [5.74, 6) is 0. The summed E-state index contributed by atoms with van der Waals surface area (Å²) in [6.45, 7) is 12.9. The number of ether oxygens (including phenoxy) is 1. The maximum Gasteiger partial charge on any atom is 0.160 e. The van der Waals surface area contributed by atoms with Crippen LogP contribution in [-0.4, -0.2) is 19.4 Å². The highest BCUT2D eigenvalue weighted by Crippen LogP contribution is 2.39. The van der Waals surface area contributed by atoms with Crippen LogP contribution in [-0.2, 0) is 11.3 Å². The van der Waals surface area contributed by atoms with Crippen molar-refractivity contribution in [2.75, 3.05) is 6.23 Å². The first-order chi connectivity index (χ1) is 8.27. The van der Waals surface area contributed by atoms with Crippen LogP contribution in [0.2, 0.25) is 11.6 Å². The molecule has 1 unspecified atom stereocenters. The van der Waals surface area contributed by atoms with Crippen molar-refractivity contribution < 1.29 is 9.84 Å². The Bertz CT molecular complexity index is 395. The molecule has 0 saturated carbocycles. The van der Waals surface area contributed by atoms with Crippen LogP contribution < -0.4 is 0 Å². The molecule has 0 aliphatic heterocycles. The highest BCUT2D eigenvalue weighted by molar-refractivity contribution is 6.87. The first-order valence-corrected chi connectivity index (χ1v) is 8.98. The largest absolute Gasteiger partial charge is 0.518 e. The second-order valence-corrected chi connectivity index (χ2v) is 11.0. The molecule has 0 heterocycles. The maximum atomic E-state index is 9.89. The van der Waals surface area contributed by atoms with Gasteiger partial charge >= 0.3 is 0 Å². The summed E-state index contributed by atoms with van der Waals surface area (Å²) in [5, 5.41) is 10.3. The highest BCUT2D eigenvalue weighted by atomic mass is 28.3. The Kier molecular flexibility index (Phi) is 4.76. The molecule has 0 amide bonds. The van der Waals surface area contributed by atoms with Crippen molar-refractivity contribution in [1.82, 2.24) is 0 Å². The third kappa shape index (κ3) is 3.46. The van der Waals surface area contributed by atoms with E-state index in [1.807, 2.05) is 30.3 Å². The zero-order valence-corrected chi connectivity index (χ0v) is 12.9. The standard InChI is InChI=1S/C15H24O2Si/c1-13(16)18(5,15(2,3)4)12-17-11-14-9-7-6-8-10-14/h6-10,16H,1,11-12H2,2-5H3. The van der Waals surface area contributed by atoms with Crippen LogP contribution >= 0.6 is 0 Å². The molecule has 0 spiro atoms. The van der Waals surface area contributed by atoms with Gasteiger partial charge in [-0.25, -0.2) is 0 Å². The van der Waals surface area contributed by atoms with Gasteiger partial charge in [0, 0.05) is 6.23 Å². The van der Waals surface area contributed by atoms with E-state index in [0.29, 0.717) is 18.2 Å². The molecule has 0 radical (unpaired) electrons. The molecule has 1 aromatic carbocycles.